The van der Waals surface area contributed by atoms with Crippen LogP contribution in [0.1, 0.15) is 27.2 Å². The van der Waals surface area contributed by atoms with Crippen LogP contribution in [0.15, 0.2) is 60.7 Å². The summed E-state index contributed by atoms with van der Waals surface area (Å²) in [7, 11) is 0. The number of ether oxygens (including phenoxy) is 1. The molecule has 0 radical (unpaired) electrons. The van der Waals surface area contributed by atoms with Gasteiger partial charge in [0.15, 0.2) is 0 Å². The van der Waals surface area contributed by atoms with Crippen LogP contribution < -0.4 is 4.90 Å². The fourth-order valence-corrected chi connectivity index (χ4v) is 3.21. The third kappa shape index (κ3) is 5.62. The third-order valence-corrected chi connectivity index (χ3v) is 4.63. The molecule has 3 heterocycles. The van der Waals surface area contributed by atoms with Gasteiger partial charge in [0.05, 0.1) is 0 Å². The first-order valence-electron chi connectivity index (χ1n) is 9.85. The molecular formula is C22H30N4O2. The normalized spacial score (nSPS) is 22.4. The molecule has 1 aromatic rings. The van der Waals surface area contributed by atoms with Gasteiger partial charge in [-0.25, -0.2) is 4.79 Å². The minimum Gasteiger partial charge on any atom is -0.444 e. The summed E-state index contributed by atoms with van der Waals surface area (Å²) in [5.74, 6) is 0. The molecule has 1 aromatic heterocycles. The number of nitrogens with zero attached hydrogens (tertiary/aromatic N) is 4. The number of carbonyl (C=O) groups is 1. The number of hydrogen-bond acceptors (Lipinski definition) is 5. The van der Waals surface area contributed by atoms with E-state index in [0.717, 1.165) is 31.7 Å². The van der Waals surface area contributed by atoms with Crippen LogP contribution in [0.3, 0.4) is 0 Å². The lowest BCUT2D eigenvalue weighted by atomic mass is 10.2. The summed E-state index contributed by atoms with van der Waals surface area (Å²) in [6.45, 7) is 9.44. The molecule has 1 saturated heterocycles. The van der Waals surface area contributed by atoms with Crippen molar-refractivity contribution in [3.63, 3.8) is 0 Å². The maximum atomic E-state index is 12.3. The highest BCUT2D eigenvalue weighted by molar-refractivity contribution is 5.68. The maximum absolute atomic E-state index is 12.3. The Balaban J connectivity index is 1.63. The first-order valence-corrected chi connectivity index (χ1v) is 9.85. The van der Waals surface area contributed by atoms with Crippen LogP contribution in [0, 0.1) is 0 Å². The van der Waals surface area contributed by atoms with E-state index in [1.165, 1.54) is 5.70 Å². The predicted molar refractivity (Wildman–Crippen MR) is 112 cm³/mol. The number of rotatable bonds is 2. The fourth-order valence-electron chi connectivity index (χ4n) is 3.21. The Kier molecular flexibility index (Phi) is 6.39. The van der Waals surface area contributed by atoms with Gasteiger partial charge in [0, 0.05) is 62.7 Å². The molecule has 6 heteroatoms. The van der Waals surface area contributed by atoms with Crippen LogP contribution in [0.25, 0.3) is 0 Å². The Morgan fingerprint density at radius 3 is 2.46 bits per heavy atom. The molecule has 150 valence electrons. The lowest BCUT2D eigenvalue weighted by Crippen LogP contribution is -2.49. The Bertz CT molecular complexity index is 742. The minimum atomic E-state index is -0.458. The van der Waals surface area contributed by atoms with Crippen molar-refractivity contribution in [2.24, 2.45) is 0 Å². The Morgan fingerprint density at radius 2 is 1.79 bits per heavy atom. The molecule has 0 atom stereocenters. The minimum absolute atomic E-state index is 0.223. The van der Waals surface area contributed by atoms with E-state index in [-0.39, 0.29) is 6.09 Å². The van der Waals surface area contributed by atoms with Crippen LogP contribution >= 0.6 is 0 Å². The van der Waals surface area contributed by atoms with Crippen molar-refractivity contribution in [2.75, 3.05) is 37.6 Å². The summed E-state index contributed by atoms with van der Waals surface area (Å²) in [4.78, 5) is 22.7. The summed E-state index contributed by atoms with van der Waals surface area (Å²) in [5, 5.41) is 0. The Hall–Kier alpha value is -2.76. The summed E-state index contributed by atoms with van der Waals surface area (Å²) in [5.41, 5.74) is 1.87. The van der Waals surface area contributed by atoms with Gasteiger partial charge in [0.25, 0.3) is 0 Å². The summed E-state index contributed by atoms with van der Waals surface area (Å²) >= 11 is 0. The van der Waals surface area contributed by atoms with E-state index in [9.17, 15) is 4.79 Å². The van der Waals surface area contributed by atoms with Crippen LogP contribution in [0.4, 0.5) is 10.5 Å². The molecule has 0 aliphatic carbocycles. The quantitative estimate of drug-likeness (QED) is 0.779. The van der Waals surface area contributed by atoms with E-state index < -0.39 is 5.60 Å². The summed E-state index contributed by atoms with van der Waals surface area (Å²) in [6.07, 6.45) is 15.2. The van der Waals surface area contributed by atoms with Crippen LogP contribution in [0.2, 0.25) is 0 Å². The first kappa shape index (κ1) is 20.0. The molecule has 1 amide bonds. The second-order valence-corrected chi connectivity index (χ2v) is 7.96. The van der Waals surface area contributed by atoms with Gasteiger partial charge in [0.2, 0.25) is 0 Å². The average molecular weight is 383 g/mol. The topological polar surface area (TPSA) is 48.9 Å². The predicted octanol–water partition coefficient (Wildman–Crippen LogP) is 3.80. The molecule has 3 rings (SSSR count). The lowest BCUT2D eigenvalue weighted by Gasteiger charge is -2.37. The second kappa shape index (κ2) is 8.95. The van der Waals surface area contributed by atoms with Gasteiger partial charge in [-0.05, 0) is 51.5 Å². The van der Waals surface area contributed by atoms with Crippen molar-refractivity contribution < 1.29 is 9.53 Å². The molecule has 0 aromatic carbocycles. The van der Waals surface area contributed by atoms with Crippen LogP contribution in [-0.2, 0) is 4.74 Å². The van der Waals surface area contributed by atoms with E-state index >= 15 is 0 Å². The Labute approximate surface area is 167 Å². The van der Waals surface area contributed by atoms with E-state index in [1.54, 1.807) is 4.90 Å². The number of carbonyl (C=O) groups excluding carboxylic acids is 1. The highest BCUT2D eigenvalue weighted by Gasteiger charge is 2.26. The standard InChI is InChI=1S/C22H30N4O2/c1-22(2,3)28-21(27)26-17-15-25(16-18-26)19-7-5-4-6-13-24(14-10-19)20-8-11-23-12-9-20/h5-13H,4,14-18H2,1-3H3/b7-5-,13-6-,19-10+. The molecule has 0 bridgehead atoms. The van der Waals surface area contributed by atoms with Gasteiger partial charge in [-0.1, -0.05) is 12.2 Å². The number of piperazine rings is 1. The molecular weight excluding hydrogens is 352 g/mol. The van der Waals surface area contributed by atoms with E-state index in [2.05, 4.69) is 45.3 Å². The number of anilines is 1. The van der Waals surface area contributed by atoms with Crippen molar-refractivity contribution in [1.82, 2.24) is 14.8 Å². The number of allylic oxidation sites excluding steroid dienone is 3. The van der Waals surface area contributed by atoms with E-state index in [4.69, 9.17) is 4.74 Å². The first-order chi connectivity index (χ1) is 13.4. The van der Waals surface area contributed by atoms with Crippen molar-refractivity contribution in [1.29, 1.82) is 0 Å². The molecule has 0 saturated carbocycles. The van der Waals surface area contributed by atoms with Crippen molar-refractivity contribution >= 4 is 11.8 Å². The van der Waals surface area contributed by atoms with Gasteiger partial charge in [-0.15, -0.1) is 0 Å². The molecule has 28 heavy (non-hydrogen) atoms. The third-order valence-electron chi connectivity index (χ3n) is 4.63. The molecule has 2 aliphatic heterocycles. The number of pyridine rings is 1. The highest BCUT2D eigenvalue weighted by atomic mass is 16.6. The highest BCUT2D eigenvalue weighted by Crippen LogP contribution is 2.18. The maximum Gasteiger partial charge on any atom is 0.410 e. The Morgan fingerprint density at radius 1 is 1.07 bits per heavy atom. The van der Waals surface area contributed by atoms with Crippen molar-refractivity contribution in [3.8, 4) is 0 Å². The smallest absolute Gasteiger partial charge is 0.410 e. The van der Waals surface area contributed by atoms with Crippen molar-refractivity contribution in [2.45, 2.75) is 32.8 Å². The molecule has 2 aliphatic rings. The monoisotopic (exact) mass is 382 g/mol. The van der Waals surface area contributed by atoms with Gasteiger partial charge >= 0.3 is 6.09 Å². The van der Waals surface area contributed by atoms with Gasteiger partial charge in [0.1, 0.15) is 5.60 Å². The van der Waals surface area contributed by atoms with Gasteiger partial charge in [-0.2, -0.15) is 0 Å². The average Bonchev–Trinajstić information content (AvgIpc) is 2.80. The van der Waals surface area contributed by atoms with Gasteiger partial charge in [-0.3, -0.25) is 4.98 Å². The molecule has 1 fully saturated rings. The molecule has 6 nitrogen and oxygen atoms in total. The number of amides is 1. The molecule has 0 N–H and O–H groups in total. The second-order valence-electron chi connectivity index (χ2n) is 7.96. The zero-order valence-electron chi connectivity index (χ0n) is 17.0. The SMILES string of the molecule is CC(C)(C)OC(=O)N1CCN(C2=C/CN(c3ccncc3)/C=C\C/C=C\2)CC1. The summed E-state index contributed by atoms with van der Waals surface area (Å²) < 4.78 is 5.49. The van der Waals surface area contributed by atoms with Crippen molar-refractivity contribution in [3.05, 3.63) is 60.7 Å². The van der Waals surface area contributed by atoms with E-state index in [1.807, 2.05) is 45.3 Å². The molecule has 0 unspecified atom stereocenters. The van der Waals surface area contributed by atoms with Crippen LogP contribution in [-0.4, -0.2) is 59.2 Å². The number of hydrogen-bond donors (Lipinski definition) is 0. The summed E-state index contributed by atoms with van der Waals surface area (Å²) in [6, 6.07) is 4.03. The van der Waals surface area contributed by atoms with Crippen LogP contribution in [0.5, 0.6) is 0 Å². The lowest BCUT2D eigenvalue weighted by molar-refractivity contribution is 0.0171. The largest absolute Gasteiger partial charge is 0.444 e. The van der Waals surface area contributed by atoms with E-state index in [0.29, 0.717) is 13.1 Å². The molecule has 0 spiro atoms. The van der Waals surface area contributed by atoms with Gasteiger partial charge < -0.3 is 19.4 Å². The zero-order valence-corrected chi connectivity index (χ0v) is 17.0. The fraction of sp³-hybridized carbons (Fsp3) is 0.455. The zero-order chi connectivity index (χ0) is 20.0. The number of aromatic nitrogens is 1.